The number of nitrogens with one attached hydrogen (secondary N) is 2. The van der Waals surface area contributed by atoms with Gasteiger partial charge in [0.05, 0.1) is 25.0 Å². The SMILES string of the molecule is CC(C)c1ccc([C@@H](NC(=O)C[NH+]2CCC[C@H](C(N)=O)C2)C(C)C)cc1. The van der Waals surface area contributed by atoms with E-state index in [4.69, 9.17) is 5.73 Å². The third-order valence-corrected chi connectivity index (χ3v) is 5.38. The van der Waals surface area contributed by atoms with Crippen LogP contribution in [-0.2, 0) is 9.59 Å². The molecule has 5 nitrogen and oxygen atoms in total. The van der Waals surface area contributed by atoms with Crippen molar-refractivity contribution in [2.45, 2.75) is 52.5 Å². The number of benzene rings is 1. The van der Waals surface area contributed by atoms with Gasteiger partial charge in [-0.3, -0.25) is 9.59 Å². The smallest absolute Gasteiger partial charge is 0.275 e. The number of primary amides is 1. The predicted molar refractivity (Wildman–Crippen MR) is 104 cm³/mol. The van der Waals surface area contributed by atoms with Crippen LogP contribution in [0.3, 0.4) is 0 Å². The summed E-state index contributed by atoms with van der Waals surface area (Å²) in [7, 11) is 0. The number of rotatable bonds is 7. The van der Waals surface area contributed by atoms with E-state index in [2.05, 4.69) is 57.3 Å². The van der Waals surface area contributed by atoms with Gasteiger partial charge in [-0.2, -0.15) is 0 Å². The fourth-order valence-corrected chi connectivity index (χ4v) is 3.73. The van der Waals surface area contributed by atoms with Crippen LogP contribution in [0.1, 0.15) is 63.6 Å². The highest BCUT2D eigenvalue weighted by atomic mass is 16.2. The monoisotopic (exact) mass is 360 g/mol. The second-order valence-electron chi connectivity index (χ2n) is 8.23. The quantitative estimate of drug-likeness (QED) is 0.687. The van der Waals surface area contributed by atoms with Gasteiger partial charge >= 0.3 is 0 Å². The fourth-order valence-electron chi connectivity index (χ4n) is 3.73. The zero-order valence-corrected chi connectivity index (χ0v) is 16.5. The summed E-state index contributed by atoms with van der Waals surface area (Å²) in [6, 6.07) is 8.54. The van der Waals surface area contributed by atoms with Crippen molar-refractivity contribution in [1.82, 2.24) is 5.32 Å². The van der Waals surface area contributed by atoms with Gasteiger partial charge in [0.25, 0.3) is 5.91 Å². The summed E-state index contributed by atoms with van der Waals surface area (Å²) in [5.74, 6) is 0.497. The highest BCUT2D eigenvalue weighted by Crippen LogP contribution is 2.24. The third kappa shape index (κ3) is 5.56. The minimum atomic E-state index is -0.243. The maximum Gasteiger partial charge on any atom is 0.275 e. The van der Waals surface area contributed by atoms with Crippen molar-refractivity contribution in [2.75, 3.05) is 19.6 Å². The minimum absolute atomic E-state index is 0.000148. The molecule has 1 heterocycles. The van der Waals surface area contributed by atoms with Crippen molar-refractivity contribution in [1.29, 1.82) is 0 Å². The molecule has 4 N–H and O–H groups in total. The van der Waals surface area contributed by atoms with E-state index in [1.54, 1.807) is 0 Å². The van der Waals surface area contributed by atoms with Crippen LogP contribution in [-0.4, -0.2) is 31.4 Å². The number of carbonyl (C=O) groups is 2. The Morgan fingerprint density at radius 1 is 1.15 bits per heavy atom. The van der Waals surface area contributed by atoms with Gasteiger partial charge in [0.1, 0.15) is 0 Å². The van der Waals surface area contributed by atoms with Gasteiger partial charge in [-0.1, -0.05) is 52.0 Å². The van der Waals surface area contributed by atoms with E-state index in [9.17, 15) is 9.59 Å². The molecule has 5 heteroatoms. The highest BCUT2D eigenvalue weighted by Gasteiger charge is 2.29. The van der Waals surface area contributed by atoms with E-state index >= 15 is 0 Å². The summed E-state index contributed by atoms with van der Waals surface area (Å²) < 4.78 is 0. The standard InChI is InChI=1S/C21H33N3O2/c1-14(2)16-7-9-17(10-8-16)20(15(3)4)23-19(25)13-24-11-5-6-18(12-24)21(22)26/h7-10,14-15,18,20H,5-6,11-13H2,1-4H3,(H2,22,26)(H,23,25)/p+1/t18-,20-/m0/s1. The molecule has 0 aliphatic carbocycles. The van der Waals surface area contributed by atoms with Crippen LogP contribution >= 0.6 is 0 Å². The number of quaternary nitrogens is 1. The molecular weight excluding hydrogens is 326 g/mol. The number of nitrogens with two attached hydrogens (primary N) is 1. The highest BCUT2D eigenvalue weighted by molar-refractivity contribution is 5.78. The summed E-state index contributed by atoms with van der Waals surface area (Å²) in [5, 5.41) is 3.20. The molecule has 3 atom stereocenters. The van der Waals surface area contributed by atoms with Gasteiger partial charge < -0.3 is 16.0 Å². The van der Waals surface area contributed by atoms with Crippen molar-refractivity contribution < 1.29 is 14.5 Å². The molecule has 26 heavy (non-hydrogen) atoms. The number of amides is 2. The molecule has 0 radical (unpaired) electrons. The first kappa shape index (κ1) is 20.4. The molecule has 1 saturated heterocycles. The summed E-state index contributed by atoms with van der Waals surface area (Å²) >= 11 is 0. The molecule has 1 aromatic carbocycles. The van der Waals surface area contributed by atoms with E-state index in [-0.39, 0.29) is 23.8 Å². The molecule has 0 bridgehead atoms. The average Bonchev–Trinajstić information content (AvgIpc) is 2.59. The van der Waals surface area contributed by atoms with E-state index in [0.29, 0.717) is 24.9 Å². The van der Waals surface area contributed by atoms with Crippen LogP contribution in [0.25, 0.3) is 0 Å². The van der Waals surface area contributed by atoms with E-state index in [1.807, 2.05) is 0 Å². The molecule has 1 aromatic rings. The molecular formula is C21H34N3O2+. The first-order valence-corrected chi connectivity index (χ1v) is 9.80. The maximum atomic E-state index is 12.6. The molecule has 1 unspecified atom stereocenters. The molecule has 2 amide bonds. The van der Waals surface area contributed by atoms with E-state index in [1.165, 1.54) is 5.56 Å². The Balaban J connectivity index is 1.98. The van der Waals surface area contributed by atoms with E-state index < -0.39 is 0 Å². The normalized spacial score (nSPS) is 21.6. The van der Waals surface area contributed by atoms with Crippen molar-refractivity contribution in [3.05, 3.63) is 35.4 Å². The van der Waals surface area contributed by atoms with Crippen molar-refractivity contribution in [3.8, 4) is 0 Å². The Morgan fingerprint density at radius 3 is 2.31 bits per heavy atom. The van der Waals surface area contributed by atoms with Crippen LogP contribution in [0, 0.1) is 11.8 Å². The Bertz CT molecular complexity index is 610. The van der Waals surface area contributed by atoms with Gasteiger partial charge in [0.15, 0.2) is 6.54 Å². The molecule has 1 aliphatic rings. The number of hydrogen-bond acceptors (Lipinski definition) is 2. The Morgan fingerprint density at radius 2 is 1.77 bits per heavy atom. The first-order chi connectivity index (χ1) is 12.3. The number of likely N-dealkylation sites (tertiary alicyclic amines) is 1. The summed E-state index contributed by atoms with van der Waals surface area (Å²) in [5.41, 5.74) is 7.88. The number of piperidine rings is 1. The second-order valence-corrected chi connectivity index (χ2v) is 8.23. The van der Waals surface area contributed by atoms with Gasteiger partial charge in [0, 0.05) is 0 Å². The zero-order valence-electron chi connectivity index (χ0n) is 16.5. The van der Waals surface area contributed by atoms with Crippen molar-refractivity contribution in [2.24, 2.45) is 17.6 Å². The van der Waals surface area contributed by atoms with Gasteiger partial charge in [0.2, 0.25) is 5.91 Å². The summed E-state index contributed by atoms with van der Waals surface area (Å²) in [6.45, 7) is 10.6. The largest absolute Gasteiger partial charge is 0.369 e. The molecule has 1 aliphatic heterocycles. The lowest BCUT2D eigenvalue weighted by Gasteiger charge is -2.29. The Kier molecular flexibility index (Phi) is 7.21. The fraction of sp³-hybridized carbons (Fsp3) is 0.619. The van der Waals surface area contributed by atoms with Crippen molar-refractivity contribution in [3.63, 3.8) is 0 Å². The Hall–Kier alpha value is -1.88. The summed E-state index contributed by atoms with van der Waals surface area (Å²) in [6.07, 6.45) is 1.79. The van der Waals surface area contributed by atoms with Gasteiger partial charge in [-0.05, 0) is 35.8 Å². The van der Waals surface area contributed by atoms with Crippen LogP contribution in [0.15, 0.2) is 24.3 Å². The number of hydrogen-bond donors (Lipinski definition) is 3. The van der Waals surface area contributed by atoms with Gasteiger partial charge in [-0.25, -0.2) is 0 Å². The summed E-state index contributed by atoms with van der Waals surface area (Å²) in [4.78, 5) is 25.2. The van der Waals surface area contributed by atoms with E-state index in [0.717, 1.165) is 29.8 Å². The average molecular weight is 361 g/mol. The van der Waals surface area contributed by atoms with Crippen molar-refractivity contribution >= 4 is 11.8 Å². The topological polar surface area (TPSA) is 76.6 Å². The van der Waals surface area contributed by atoms with Gasteiger partial charge in [-0.15, -0.1) is 0 Å². The maximum absolute atomic E-state index is 12.6. The zero-order chi connectivity index (χ0) is 19.3. The predicted octanol–water partition coefficient (Wildman–Crippen LogP) is 1.40. The lowest BCUT2D eigenvalue weighted by Crippen LogP contribution is -3.15. The molecule has 144 valence electrons. The lowest BCUT2D eigenvalue weighted by molar-refractivity contribution is -0.899. The lowest BCUT2D eigenvalue weighted by atomic mass is 9.93. The Labute approximate surface area is 157 Å². The van der Waals surface area contributed by atoms with Crippen LogP contribution in [0.5, 0.6) is 0 Å². The van der Waals surface area contributed by atoms with Crippen LogP contribution in [0.4, 0.5) is 0 Å². The molecule has 0 spiro atoms. The second kappa shape index (κ2) is 9.17. The minimum Gasteiger partial charge on any atom is -0.369 e. The molecule has 2 rings (SSSR count). The van der Waals surface area contributed by atoms with Crippen LogP contribution in [0.2, 0.25) is 0 Å². The molecule has 1 fully saturated rings. The molecule has 0 saturated carbocycles. The first-order valence-electron chi connectivity index (χ1n) is 9.80. The third-order valence-electron chi connectivity index (χ3n) is 5.38. The number of carbonyl (C=O) groups excluding carboxylic acids is 2. The molecule has 0 aromatic heterocycles. The van der Waals surface area contributed by atoms with Crippen LogP contribution < -0.4 is 16.0 Å².